The zero-order valence-electron chi connectivity index (χ0n) is 23.1. The van der Waals surface area contributed by atoms with Crippen molar-refractivity contribution in [2.24, 2.45) is 11.8 Å². The highest BCUT2D eigenvalue weighted by molar-refractivity contribution is 7.80. The number of carbonyl (C=O) groups is 2. The van der Waals surface area contributed by atoms with Gasteiger partial charge in [0.05, 0.1) is 16.6 Å². The number of rotatable bonds is 11. The highest BCUT2D eigenvalue weighted by Crippen LogP contribution is 2.27. The largest absolute Gasteiger partial charge is 0.478 e. The lowest BCUT2D eigenvalue weighted by Gasteiger charge is -2.18. The third-order valence-electron chi connectivity index (χ3n) is 7.23. The summed E-state index contributed by atoms with van der Waals surface area (Å²) in [6, 6.07) is 19.4. The van der Waals surface area contributed by atoms with Crippen molar-refractivity contribution >= 4 is 35.5 Å². The van der Waals surface area contributed by atoms with Crippen LogP contribution in [0.3, 0.4) is 0 Å². The van der Waals surface area contributed by atoms with Crippen LogP contribution in [0.1, 0.15) is 60.1 Å². The Hall–Kier alpha value is -3.58. The van der Waals surface area contributed by atoms with Crippen LogP contribution in [0.4, 0.5) is 0 Å². The standard InChI is InChI=1S/C32H37N3O3S/c1-5-8-29-34-30-21(4)15-23(17-33-31(36)27(19-39)20(2)3)16-28(30)35(29)18-22-11-13-24(14-12-22)25-9-6-7-10-26(25)32(37)38/h6-7,9-16,20,27,39H,5,8,17-19H2,1-4H3,(H,33,36)(H,37,38)/t27-/m1/s1. The molecular weight excluding hydrogens is 506 g/mol. The van der Waals surface area contributed by atoms with E-state index in [1.807, 2.05) is 38.1 Å². The van der Waals surface area contributed by atoms with Gasteiger partial charge in [-0.15, -0.1) is 0 Å². The lowest BCUT2D eigenvalue weighted by atomic mass is 9.97. The smallest absolute Gasteiger partial charge is 0.336 e. The number of aromatic carboxylic acids is 1. The molecule has 2 N–H and O–H groups in total. The van der Waals surface area contributed by atoms with E-state index in [2.05, 4.69) is 60.6 Å². The molecule has 1 amide bonds. The average molecular weight is 544 g/mol. The summed E-state index contributed by atoms with van der Waals surface area (Å²) in [6.07, 6.45) is 1.85. The monoisotopic (exact) mass is 543 g/mol. The number of benzene rings is 3. The Morgan fingerprint density at radius 2 is 1.77 bits per heavy atom. The predicted molar refractivity (Wildman–Crippen MR) is 160 cm³/mol. The van der Waals surface area contributed by atoms with Crippen molar-refractivity contribution < 1.29 is 14.7 Å². The Morgan fingerprint density at radius 1 is 1.05 bits per heavy atom. The van der Waals surface area contributed by atoms with E-state index < -0.39 is 5.97 Å². The van der Waals surface area contributed by atoms with Gasteiger partial charge in [0.15, 0.2) is 0 Å². The van der Waals surface area contributed by atoms with Gasteiger partial charge < -0.3 is 15.0 Å². The summed E-state index contributed by atoms with van der Waals surface area (Å²) >= 11 is 4.36. The molecule has 39 heavy (non-hydrogen) atoms. The van der Waals surface area contributed by atoms with E-state index in [0.717, 1.165) is 52.0 Å². The van der Waals surface area contributed by atoms with E-state index in [4.69, 9.17) is 4.98 Å². The first-order valence-corrected chi connectivity index (χ1v) is 14.2. The van der Waals surface area contributed by atoms with Crippen molar-refractivity contribution in [3.05, 3.63) is 88.7 Å². The van der Waals surface area contributed by atoms with Crippen molar-refractivity contribution in [2.45, 2.75) is 53.6 Å². The molecule has 4 aromatic rings. The molecule has 0 saturated heterocycles. The van der Waals surface area contributed by atoms with Crippen LogP contribution in [0.5, 0.6) is 0 Å². The summed E-state index contributed by atoms with van der Waals surface area (Å²) in [5.74, 6) is 0.764. The van der Waals surface area contributed by atoms with Crippen LogP contribution in [-0.4, -0.2) is 32.3 Å². The fraction of sp³-hybridized carbons (Fsp3) is 0.344. The Bertz CT molecular complexity index is 1470. The molecule has 0 spiro atoms. The molecular formula is C32H37N3O3S. The van der Waals surface area contributed by atoms with Crippen molar-refractivity contribution in [3.8, 4) is 11.1 Å². The summed E-state index contributed by atoms with van der Waals surface area (Å²) in [7, 11) is 0. The molecule has 0 bridgehead atoms. The number of nitrogens with one attached hydrogen (secondary N) is 1. The van der Waals surface area contributed by atoms with Crippen LogP contribution in [0.25, 0.3) is 22.2 Å². The zero-order chi connectivity index (χ0) is 28.1. The van der Waals surface area contributed by atoms with Gasteiger partial charge >= 0.3 is 5.97 Å². The first-order valence-electron chi connectivity index (χ1n) is 13.5. The van der Waals surface area contributed by atoms with E-state index in [-0.39, 0.29) is 17.7 Å². The quantitative estimate of drug-likeness (QED) is 0.188. The molecule has 7 heteroatoms. The average Bonchev–Trinajstić information content (AvgIpc) is 3.25. The molecule has 1 heterocycles. The lowest BCUT2D eigenvalue weighted by Crippen LogP contribution is -2.34. The fourth-order valence-corrected chi connectivity index (χ4v) is 5.60. The molecule has 4 rings (SSSR count). The number of carboxylic acids is 1. The SMILES string of the molecule is CCCc1nc2c(C)cc(CNC(=O)[C@H](CS)C(C)C)cc2n1Cc1ccc(-c2ccccc2C(=O)O)cc1. The lowest BCUT2D eigenvalue weighted by molar-refractivity contribution is -0.125. The van der Waals surface area contributed by atoms with Crippen LogP contribution in [0, 0.1) is 18.8 Å². The summed E-state index contributed by atoms with van der Waals surface area (Å²) < 4.78 is 2.27. The van der Waals surface area contributed by atoms with Gasteiger partial charge in [0, 0.05) is 31.2 Å². The number of hydrogen-bond donors (Lipinski definition) is 3. The molecule has 1 atom stereocenters. The molecule has 204 valence electrons. The summed E-state index contributed by atoms with van der Waals surface area (Å²) in [5.41, 5.74) is 7.14. The maximum Gasteiger partial charge on any atom is 0.336 e. The molecule has 1 aromatic heterocycles. The number of thiol groups is 1. The number of fused-ring (bicyclic) bond motifs is 1. The van der Waals surface area contributed by atoms with Crippen LogP contribution in [-0.2, 0) is 24.3 Å². The maximum atomic E-state index is 12.7. The Balaban J connectivity index is 1.64. The van der Waals surface area contributed by atoms with Gasteiger partial charge in [-0.2, -0.15) is 12.6 Å². The number of carboxylic acid groups (broad SMARTS) is 1. The minimum absolute atomic E-state index is 0.0301. The first-order chi connectivity index (χ1) is 18.7. The fourth-order valence-electron chi connectivity index (χ4n) is 5.02. The van der Waals surface area contributed by atoms with E-state index in [0.29, 0.717) is 30.0 Å². The molecule has 3 aromatic carbocycles. The normalized spacial score (nSPS) is 12.2. The van der Waals surface area contributed by atoms with Gasteiger partial charge in [-0.3, -0.25) is 4.79 Å². The number of amides is 1. The Kier molecular flexibility index (Phi) is 9.12. The van der Waals surface area contributed by atoms with E-state index in [1.54, 1.807) is 12.1 Å². The number of imidazole rings is 1. The number of hydrogen-bond acceptors (Lipinski definition) is 4. The molecule has 0 aliphatic rings. The molecule has 0 radical (unpaired) electrons. The van der Waals surface area contributed by atoms with Crippen molar-refractivity contribution in [1.29, 1.82) is 0 Å². The van der Waals surface area contributed by atoms with Crippen LogP contribution in [0.15, 0.2) is 60.7 Å². The van der Waals surface area contributed by atoms with Gasteiger partial charge in [-0.25, -0.2) is 9.78 Å². The summed E-state index contributed by atoms with van der Waals surface area (Å²) in [5, 5.41) is 12.7. The summed E-state index contributed by atoms with van der Waals surface area (Å²) in [4.78, 5) is 29.4. The van der Waals surface area contributed by atoms with Crippen LogP contribution in [0.2, 0.25) is 0 Å². The van der Waals surface area contributed by atoms with Crippen LogP contribution < -0.4 is 5.32 Å². The second-order valence-corrected chi connectivity index (χ2v) is 10.8. The second kappa shape index (κ2) is 12.5. The number of aromatic nitrogens is 2. The van der Waals surface area contributed by atoms with E-state index in [1.165, 1.54) is 0 Å². The van der Waals surface area contributed by atoms with Crippen LogP contribution >= 0.6 is 12.6 Å². The Morgan fingerprint density at radius 3 is 2.41 bits per heavy atom. The number of carbonyl (C=O) groups excluding carboxylic acids is 1. The highest BCUT2D eigenvalue weighted by atomic mass is 32.1. The highest BCUT2D eigenvalue weighted by Gasteiger charge is 2.21. The minimum Gasteiger partial charge on any atom is -0.478 e. The first kappa shape index (κ1) is 28.4. The van der Waals surface area contributed by atoms with Gasteiger partial charge in [-0.05, 0) is 59.2 Å². The molecule has 0 fully saturated rings. The molecule has 0 saturated carbocycles. The van der Waals surface area contributed by atoms with Crippen molar-refractivity contribution in [1.82, 2.24) is 14.9 Å². The molecule has 0 aliphatic heterocycles. The zero-order valence-corrected chi connectivity index (χ0v) is 24.0. The predicted octanol–water partition coefficient (Wildman–Crippen LogP) is 6.53. The number of aryl methyl sites for hydroxylation is 2. The molecule has 0 unspecified atom stereocenters. The van der Waals surface area contributed by atoms with Gasteiger partial charge in [0.2, 0.25) is 5.91 Å². The van der Waals surface area contributed by atoms with Gasteiger partial charge in [0.1, 0.15) is 5.82 Å². The summed E-state index contributed by atoms with van der Waals surface area (Å²) in [6.45, 7) is 9.42. The topological polar surface area (TPSA) is 84.2 Å². The maximum absolute atomic E-state index is 12.7. The molecule has 0 aliphatic carbocycles. The van der Waals surface area contributed by atoms with E-state index >= 15 is 0 Å². The van der Waals surface area contributed by atoms with Gasteiger partial charge in [-0.1, -0.05) is 69.3 Å². The van der Waals surface area contributed by atoms with Crippen molar-refractivity contribution in [3.63, 3.8) is 0 Å². The second-order valence-electron chi connectivity index (χ2n) is 10.4. The van der Waals surface area contributed by atoms with Gasteiger partial charge in [0.25, 0.3) is 0 Å². The minimum atomic E-state index is -0.934. The number of nitrogens with zero attached hydrogens (tertiary/aromatic N) is 2. The third kappa shape index (κ3) is 6.36. The Labute approximate surface area is 235 Å². The molecule has 6 nitrogen and oxygen atoms in total. The van der Waals surface area contributed by atoms with E-state index in [9.17, 15) is 14.7 Å². The van der Waals surface area contributed by atoms with Crippen molar-refractivity contribution in [2.75, 3.05) is 5.75 Å². The third-order valence-corrected chi connectivity index (χ3v) is 7.62.